The van der Waals surface area contributed by atoms with Crippen LogP contribution in [0.5, 0.6) is 5.75 Å². The minimum atomic E-state index is -0.165. The van der Waals surface area contributed by atoms with Gasteiger partial charge in [-0.05, 0) is 42.8 Å². The molecule has 0 saturated heterocycles. The molecule has 0 radical (unpaired) electrons. The summed E-state index contributed by atoms with van der Waals surface area (Å²) in [5.74, 6) is 0.428. The maximum atomic E-state index is 12.3. The first-order chi connectivity index (χ1) is 15.1. The van der Waals surface area contributed by atoms with Gasteiger partial charge in [-0.25, -0.2) is 0 Å². The Labute approximate surface area is 184 Å². The molecule has 2 aromatic rings. The molecular weight excluding hydrogens is 394 g/mol. The lowest BCUT2D eigenvalue weighted by atomic mass is 10.2. The molecule has 0 bridgehead atoms. The number of unbranched alkanes of at least 4 members (excludes halogenated alkanes) is 3. The summed E-state index contributed by atoms with van der Waals surface area (Å²) < 4.78 is 10.7. The lowest BCUT2D eigenvalue weighted by molar-refractivity contribution is -0.114. The highest BCUT2D eigenvalue weighted by molar-refractivity contribution is 5.95. The zero-order chi connectivity index (χ0) is 22.3. The Morgan fingerprint density at radius 3 is 2.48 bits per heavy atom. The van der Waals surface area contributed by atoms with Gasteiger partial charge >= 0.3 is 0 Å². The van der Waals surface area contributed by atoms with Gasteiger partial charge in [0, 0.05) is 36.7 Å². The predicted molar refractivity (Wildman–Crippen MR) is 124 cm³/mol. The van der Waals surface area contributed by atoms with Gasteiger partial charge in [0.05, 0.1) is 19.8 Å². The first-order valence-corrected chi connectivity index (χ1v) is 10.8. The van der Waals surface area contributed by atoms with Gasteiger partial charge in [-0.2, -0.15) is 0 Å². The fourth-order valence-electron chi connectivity index (χ4n) is 2.88. The third-order valence-electron chi connectivity index (χ3n) is 4.58. The van der Waals surface area contributed by atoms with E-state index < -0.39 is 0 Å². The van der Waals surface area contributed by atoms with Crippen molar-refractivity contribution in [2.24, 2.45) is 0 Å². The van der Waals surface area contributed by atoms with E-state index in [1.165, 1.54) is 12.8 Å². The Hall–Kier alpha value is -3.06. The van der Waals surface area contributed by atoms with E-state index in [1.807, 2.05) is 24.3 Å². The van der Waals surface area contributed by atoms with E-state index in [0.29, 0.717) is 31.0 Å². The maximum Gasteiger partial charge on any atom is 0.251 e. The number of ether oxygens (including phenoxy) is 2. The number of nitrogens with one attached hydrogen (secondary N) is 3. The van der Waals surface area contributed by atoms with Crippen molar-refractivity contribution in [2.45, 2.75) is 32.6 Å². The van der Waals surface area contributed by atoms with Crippen LogP contribution >= 0.6 is 0 Å². The molecule has 0 aromatic heterocycles. The Morgan fingerprint density at radius 2 is 1.74 bits per heavy atom. The second-order valence-corrected chi connectivity index (χ2v) is 7.16. The minimum Gasteiger partial charge on any atom is -0.494 e. The maximum absolute atomic E-state index is 12.3. The van der Waals surface area contributed by atoms with Crippen LogP contribution in [0.25, 0.3) is 0 Å². The fraction of sp³-hybridized carbons (Fsp3) is 0.417. The highest BCUT2D eigenvalue weighted by atomic mass is 16.5. The van der Waals surface area contributed by atoms with Crippen molar-refractivity contribution < 1.29 is 19.1 Å². The number of carbonyl (C=O) groups excluding carboxylic acids is 2. The van der Waals surface area contributed by atoms with Gasteiger partial charge < -0.3 is 25.4 Å². The molecule has 0 aliphatic rings. The lowest BCUT2D eigenvalue weighted by Gasteiger charge is -2.11. The lowest BCUT2D eigenvalue weighted by Crippen LogP contribution is -2.26. The molecule has 2 rings (SSSR count). The van der Waals surface area contributed by atoms with Gasteiger partial charge in [0.1, 0.15) is 5.75 Å². The zero-order valence-corrected chi connectivity index (χ0v) is 18.4. The van der Waals surface area contributed by atoms with Gasteiger partial charge in [-0.3, -0.25) is 9.59 Å². The summed E-state index contributed by atoms with van der Waals surface area (Å²) in [7, 11) is 1.59. The Bertz CT molecular complexity index is 809. The number of amides is 2. The van der Waals surface area contributed by atoms with Crippen LogP contribution in [-0.4, -0.2) is 45.2 Å². The SMILES string of the molecule is CCCCCCOc1cccc(NC(=O)CNc2ccc(C(=O)NCCOC)cc2)c1. The predicted octanol–water partition coefficient (Wildman–Crippen LogP) is 4.07. The average molecular weight is 428 g/mol. The van der Waals surface area contributed by atoms with Crippen molar-refractivity contribution in [1.82, 2.24) is 5.32 Å². The number of benzene rings is 2. The second-order valence-electron chi connectivity index (χ2n) is 7.16. The molecule has 0 heterocycles. The molecule has 7 nitrogen and oxygen atoms in total. The van der Waals surface area contributed by atoms with Gasteiger partial charge in [-0.1, -0.05) is 32.3 Å². The van der Waals surface area contributed by atoms with Crippen molar-refractivity contribution >= 4 is 23.2 Å². The molecular formula is C24H33N3O4. The van der Waals surface area contributed by atoms with Crippen molar-refractivity contribution in [1.29, 1.82) is 0 Å². The molecule has 3 N–H and O–H groups in total. The smallest absolute Gasteiger partial charge is 0.251 e. The van der Waals surface area contributed by atoms with Crippen molar-refractivity contribution in [3.8, 4) is 5.75 Å². The van der Waals surface area contributed by atoms with Gasteiger partial charge in [-0.15, -0.1) is 0 Å². The highest BCUT2D eigenvalue weighted by Crippen LogP contribution is 2.18. The molecule has 0 atom stereocenters. The first kappa shape index (κ1) is 24.2. The number of hydrogen-bond donors (Lipinski definition) is 3. The third-order valence-corrected chi connectivity index (χ3v) is 4.58. The number of rotatable bonds is 14. The van der Waals surface area contributed by atoms with Crippen molar-refractivity contribution in [2.75, 3.05) is 44.0 Å². The fourth-order valence-corrected chi connectivity index (χ4v) is 2.88. The Kier molecular flexibility index (Phi) is 11.0. The van der Waals surface area contributed by atoms with Crippen LogP contribution in [-0.2, 0) is 9.53 Å². The molecule has 2 aromatic carbocycles. The molecule has 7 heteroatoms. The van der Waals surface area contributed by atoms with E-state index in [1.54, 1.807) is 31.4 Å². The van der Waals surface area contributed by atoms with Crippen LogP contribution < -0.4 is 20.7 Å². The molecule has 0 aliphatic heterocycles. The normalized spacial score (nSPS) is 10.4. The number of carbonyl (C=O) groups is 2. The van der Waals surface area contributed by atoms with Gasteiger partial charge in [0.15, 0.2) is 0 Å². The summed E-state index contributed by atoms with van der Waals surface area (Å²) in [5.41, 5.74) is 2.01. The topological polar surface area (TPSA) is 88.7 Å². The Morgan fingerprint density at radius 1 is 0.935 bits per heavy atom. The number of methoxy groups -OCH3 is 1. The summed E-state index contributed by atoms with van der Waals surface area (Å²) in [6.07, 6.45) is 4.61. The molecule has 0 saturated carbocycles. The van der Waals surface area contributed by atoms with Gasteiger partial charge in [0.2, 0.25) is 5.91 Å². The van der Waals surface area contributed by atoms with Crippen LogP contribution in [0, 0.1) is 0 Å². The van der Waals surface area contributed by atoms with E-state index in [2.05, 4.69) is 22.9 Å². The van der Waals surface area contributed by atoms with Crippen LogP contribution in [0.2, 0.25) is 0 Å². The minimum absolute atomic E-state index is 0.113. The van der Waals surface area contributed by atoms with Crippen LogP contribution in [0.1, 0.15) is 43.0 Å². The molecule has 2 amide bonds. The van der Waals surface area contributed by atoms with Crippen LogP contribution in [0.15, 0.2) is 48.5 Å². The third kappa shape index (κ3) is 9.53. The summed E-state index contributed by atoms with van der Waals surface area (Å²) in [4.78, 5) is 24.2. The van der Waals surface area contributed by atoms with Crippen molar-refractivity contribution in [3.05, 3.63) is 54.1 Å². The summed E-state index contributed by atoms with van der Waals surface area (Å²) in [6, 6.07) is 14.4. The summed E-state index contributed by atoms with van der Waals surface area (Å²) in [6.45, 7) is 3.90. The van der Waals surface area contributed by atoms with E-state index in [0.717, 1.165) is 24.3 Å². The largest absolute Gasteiger partial charge is 0.494 e. The zero-order valence-electron chi connectivity index (χ0n) is 18.4. The molecule has 0 fully saturated rings. The Balaban J connectivity index is 1.75. The second kappa shape index (κ2) is 14.0. The first-order valence-electron chi connectivity index (χ1n) is 10.8. The average Bonchev–Trinajstić information content (AvgIpc) is 2.78. The quantitative estimate of drug-likeness (QED) is 0.396. The number of anilines is 2. The molecule has 31 heavy (non-hydrogen) atoms. The van der Waals surface area contributed by atoms with Gasteiger partial charge in [0.25, 0.3) is 5.91 Å². The van der Waals surface area contributed by atoms with E-state index in [-0.39, 0.29) is 18.4 Å². The molecule has 0 unspecified atom stereocenters. The van der Waals surface area contributed by atoms with Crippen molar-refractivity contribution in [3.63, 3.8) is 0 Å². The highest BCUT2D eigenvalue weighted by Gasteiger charge is 2.06. The summed E-state index contributed by atoms with van der Waals surface area (Å²) in [5, 5.41) is 8.68. The standard InChI is InChI=1S/C24H33N3O4/c1-3-4-5-6-15-31-22-9-7-8-21(17-22)27-23(28)18-26-20-12-10-19(11-13-20)24(29)25-14-16-30-2/h7-13,17,26H,3-6,14-16,18H2,1-2H3,(H,25,29)(H,27,28). The molecule has 0 spiro atoms. The summed E-state index contributed by atoms with van der Waals surface area (Å²) >= 11 is 0. The monoisotopic (exact) mass is 427 g/mol. The number of hydrogen-bond acceptors (Lipinski definition) is 5. The van der Waals surface area contributed by atoms with E-state index in [9.17, 15) is 9.59 Å². The van der Waals surface area contributed by atoms with E-state index >= 15 is 0 Å². The molecule has 0 aliphatic carbocycles. The van der Waals surface area contributed by atoms with E-state index in [4.69, 9.17) is 9.47 Å². The molecule has 168 valence electrons. The van der Waals surface area contributed by atoms with Crippen LogP contribution in [0.4, 0.5) is 11.4 Å². The van der Waals surface area contributed by atoms with Crippen LogP contribution in [0.3, 0.4) is 0 Å².